The molecule has 1 heterocycles. The number of amides is 4. The summed E-state index contributed by atoms with van der Waals surface area (Å²) in [6, 6.07) is -3.54. The van der Waals surface area contributed by atoms with Crippen LogP contribution in [0.15, 0.2) is 0 Å². The monoisotopic (exact) mass is 1170 g/mol. The Bertz CT molecular complexity index is 1650. The first kappa shape index (κ1) is 75.7. The van der Waals surface area contributed by atoms with E-state index in [-0.39, 0.29) is 36.9 Å². The zero-order chi connectivity index (χ0) is 59.9. The van der Waals surface area contributed by atoms with Gasteiger partial charge >= 0.3 is 11.9 Å². The predicted octanol–water partition coefficient (Wildman–Crippen LogP) is 13.1. The van der Waals surface area contributed by atoms with Crippen LogP contribution in [0.1, 0.15) is 298 Å². The van der Waals surface area contributed by atoms with Gasteiger partial charge in [0.05, 0.1) is 13.2 Å². The number of hydrogen-bond acceptors (Lipinski definition) is 13. The topological polar surface area (TPSA) is 239 Å². The summed E-state index contributed by atoms with van der Waals surface area (Å²) < 4.78 is 23.2. The fourth-order valence-corrected chi connectivity index (χ4v) is 11.8. The number of ether oxygens (including phenoxy) is 4. The molecule has 4 amide bonds. The van der Waals surface area contributed by atoms with Gasteiger partial charge in [0, 0.05) is 25.7 Å². The van der Waals surface area contributed by atoms with Crippen molar-refractivity contribution >= 4 is 52.4 Å². The smallest absolute Gasteiger partial charge is 0.305 e. The van der Waals surface area contributed by atoms with E-state index in [4.69, 9.17) is 19.9 Å². The second-order valence-corrected chi connectivity index (χ2v) is 24.4. The number of unbranched alkanes of at least 4 members (excludes halogenated alkanes) is 32. The molecule has 0 bridgehead atoms. The second-order valence-electron chi connectivity index (χ2n) is 23.3. The minimum absolute atomic E-state index is 0.0876. The van der Waals surface area contributed by atoms with Crippen molar-refractivity contribution in [3.8, 4) is 0 Å². The quantitative estimate of drug-likeness (QED) is 0.0282. The standard InChI is InChI=1S/C64H118N4O12S/c1-8-11-14-17-20-23-26-29-31-34-37-40-43-52(44-41-38-35-32-30-27-24-21-18-15-12-9-2)63(76)81-64-57(67-51(6)69)59(79-50(5)62(75)66-49(4)61(74)68-53(60(65)73)46-47-55(70)77-7)58(72)54(80-64)48-78-56(71)45-42-39-36-33-28-25-22-19-16-13-10-3/h49-50,52-54,57-59,64,72H,8-48H2,1-7H3,(H2,65,73)(H,66,75)(H,67,69)(H,68,74)/t49-,50?,53+,54+,57+,58+,59-,64-/m0/s1. The lowest BCUT2D eigenvalue weighted by atomic mass is 9.95. The Morgan fingerprint density at radius 1 is 0.556 bits per heavy atom. The lowest BCUT2D eigenvalue weighted by Gasteiger charge is -2.45. The van der Waals surface area contributed by atoms with Gasteiger partial charge in [-0.3, -0.25) is 33.6 Å². The summed E-state index contributed by atoms with van der Waals surface area (Å²) in [5.41, 5.74) is 4.40. The fraction of sp³-hybridized carbons (Fsp3) is 0.891. The van der Waals surface area contributed by atoms with Gasteiger partial charge in [0.25, 0.3) is 0 Å². The molecule has 1 aliphatic rings. The van der Waals surface area contributed by atoms with Gasteiger partial charge in [-0.2, -0.15) is 0 Å². The maximum Gasteiger partial charge on any atom is 0.305 e. The third-order valence-corrected chi connectivity index (χ3v) is 17.0. The molecule has 0 saturated carbocycles. The number of nitrogens with one attached hydrogen (secondary N) is 3. The highest BCUT2D eigenvalue weighted by Gasteiger charge is 2.49. The maximum absolute atomic E-state index is 14.7. The van der Waals surface area contributed by atoms with E-state index in [0.717, 1.165) is 82.4 Å². The minimum atomic E-state index is -1.54. The number of primary amides is 1. The van der Waals surface area contributed by atoms with E-state index in [2.05, 4.69) is 41.5 Å². The van der Waals surface area contributed by atoms with Crippen molar-refractivity contribution in [2.24, 2.45) is 11.7 Å². The van der Waals surface area contributed by atoms with Gasteiger partial charge in [-0.15, -0.1) is 0 Å². The van der Waals surface area contributed by atoms with Crippen LogP contribution in [-0.2, 0) is 52.5 Å². The molecule has 0 aromatic rings. The summed E-state index contributed by atoms with van der Waals surface area (Å²) >= 11 is 0.958. The van der Waals surface area contributed by atoms with Gasteiger partial charge < -0.3 is 45.7 Å². The third kappa shape index (κ3) is 38.3. The Balaban J connectivity index is 3.27. The van der Waals surface area contributed by atoms with E-state index in [1.807, 2.05) is 0 Å². The van der Waals surface area contributed by atoms with Gasteiger partial charge in [0.1, 0.15) is 48.5 Å². The van der Waals surface area contributed by atoms with Crippen LogP contribution >= 0.6 is 11.8 Å². The van der Waals surface area contributed by atoms with E-state index < -0.39 is 83.5 Å². The largest absolute Gasteiger partial charge is 0.469 e. The summed E-state index contributed by atoms with van der Waals surface area (Å²) in [5.74, 6) is -4.19. The number of rotatable bonds is 53. The van der Waals surface area contributed by atoms with Crippen LogP contribution in [0.3, 0.4) is 0 Å². The number of methoxy groups -OCH3 is 1. The number of hydrogen-bond donors (Lipinski definition) is 5. The van der Waals surface area contributed by atoms with E-state index >= 15 is 0 Å². The van der Waals surface area contributed by atoms with Crippen molar-refractivity contribution in [1.29, 1.82) is 0 Å². The average molecular weight is 1170 g/mol. The van der Waals surface area contributed by atoms with Crippen molar-refractivity contribution < 1.29 is 57.6 Å². The molecule has 0 aromatic carbocycles. The molecule has 472 valence electrons. The van der Waals surface area contributed by atoms with Gasteiger partial charge in [-0.1, -0.05) is 251 Å². The highest BCUT2D eigenvalue weighted by Crippen LogP contribution is 2.35. The molecule has 0 aromatic heterocycles. The van der Waals surface area contributed by atoms with Crippen LogP contribution < -0.4 is 21.7 Å². The molecule has 0 radical (unpaired) electrons. The normalized spacial score (nSPS) is 18.2. The summed E-state index contributed by atoms with van der Waals surface area (Å²) in [7, 11) is 1.20. The lowest BCUT2D eigenvalue weighted by molar-refractivity contribution is -0.204. The fourth-order valence-electron chi connectivity index (χ4n) is 10.6. The van der Waals surface area contributed by atoms with Crippen molar-refractivity contribution in [2.75, 3.05) is 13.7 Å². The van der Waals surface area contributed by atoms with E-state index in [1.54, 1.807) is 0 Å². The average Bonchev–Trinajstić information content (AvgIpc) is 3.52. The van der Waals surface area contributed by atoms with Gasteiger partial charge in [-0.05, 0) is 39.5 Å². The van der Waals surface area contributed by atoms with Gasteiger partial charge in [0.2, 0.25) is 23.6 Å². The van der Waals surface area contributed by atoms with Crippen LogP contribution in [0.5, 0.6) is 0 Å². The number of carbonyl (C=O) groups excluding carboxylic acids is 7. The number of thioether (sulfide) groups is 1. The number of aliphatic hydroxyl groups is 1. The molecule has 6 N–H and O–H groups in total. The molecule has 16 nitrogen and oxygen atoms in total. The molecule has 8 atom stereocenters. The first-order valence-electron chi connectivity index (χ1n) is 32.7. The third-order valence-electron chi connectivity index (χ3n) is 15.8. The predicted molar refractivity (Wildman–Crippen MR) is 326 cm³/mol. The van der Waals surface area contributed by atoms with Crippen molar-refractivity contribution in [2.45, 2.75) is 346 Å². The number of nitrogens with two attached hydrogens (primary N) is 1. The van der Waals surface area contributed by atoms with Gasteiger partial charge in [0.15, 0.2) is 5.12 Å². The van der Waals surface area contributed by atoms with Crippen molar-refractivity contribution in [3.63, 3.8) is 0 Å². The van der Waals surface area contributed by atoms with Crippen LogP contribution in [0, 0.1) is 5.92 Å². The van der Waals surface area contributed by atoms with Crippen LogP contribution in [0.25, 0.3) is 0 Å². The summed E-state index contributed by atoms with van der Waals surface area (Å²) in [6.45, 7) is 10.5. The molecule has 1 unspecified atom stereocenters. The SMILES string of the molecule is CCCCCCCCCCCCCCC(CCCCCCCCCCCCCC)C(=O)S[C@@H]1O[C@H](COC(=O)CCCCCCCCCCCCC)[C@@H](O)[C@@H](OC(C)C(=O)N[C@@H](C)C(=O)N[C@H](CCC(=O)OC)C(N)=O)[C@H]1NC(C)=O. The Kier molecular flexibility index (Phi) is 46.8. The van der Waals surface area contributed by atoms with Gasteiger partial charge in [-0.25, -0.2) is 0 Å². The maximum atomic E-state index is 14.7. The molecule has 1 rings (SSSR count). The Labute approximate surface area is 495 Å². The lowest BCUT2D eigenvalue weighted by Crippen LogP contribution is -2.65. The Morgan fingerprint density at radius 2 is 0.975 bits per heavy atom. The molecule has 1 aliphatic heterocycles. The van der Waals surface area contributed by atoms with Crippen LogP contribution in [-0.4, -0.2) is 107 Å². The molecular weight excluding hydrogens is 1050 g/mol. The molecule has 81 heavy (non-hydrogen) atoms. The zero-order valence-corrected chi connectivity index (χ0v) is 52.9. The van der Waals surface area contributed by atoms with E-state index in [9.17, 15) is 38.7 Å². The summed E-state index contributed by atoms with van der Waals surface area (Å²) in [5, 5.41) is 19.8. The Hall–Kier alpha value is -3.28. The number of aliphatic hydroxyl groups excluding tert-OH is 1. The summed E-state index contributed by atoms with van der Waals surface area (Å²) in [6.07, 6.45) is 37.5. The number of esters is 2. The summed E-state index contributed by atoms with van der Waals surface area (Å²) in [4.78, 5) is 91.6. The molecule has 0 aliphatic carbocycles. The van der Waals surface area contributed by atoms with Crippen molar-refractivity contribution in [1.82, 2.24) is 16.0 Å². The number of carbonyl (C=O) groups is 7. The first-order chi connectivity index (χ1) is 39.1. The van der Waals surface area contributed by atoms with Crippen LogP contribution in [0.4, 0.5) is 0 Å². The van der Waals surface area contributed by atoms with Crippen LogP contribution in [0.2, 0.25) is 0 Å². The van der Waals surface area contributed by atoms with Crippen molar-refractivity contribution in [3.05, 3.63) is 0 Å². The molecule has 1 saturated heterocycles. The second kappa shape index (κ2) is 50.1. The first-order valence-corrected chi connectivity index (χ1v) is 33.6. The van der Waals surface area contributed by atoms with E-state index in [1.165, 1.54) is 188 Å². The molecule has 1 fully saturated rings. The molecule has 0 spiro atoms. The molecule has 17 heteroatoms. The zero-order valence-electron chi connectivity index (χ0n) is 52.1. The highest BCUT2D eigenvalue weighted by atomic mass is 32.2. The van der Waals surface area contributed by atoms with E-state index in [0.29, 0.717) is 6.42 Å². The highest BCUT2D eigenvalue weighted by molar-refractivity contribution is 8.14. The molecular formula is C64H118N4O12S. The Morgan fingerprint density at radius 3 is 1.38 bits per heavy atom. The minimum Gasteiger partial charge on any atom is -0.469 e.